The second-order valence-electron chi connectivity index (χ2n) is 18.0. The highest BCUT2D eigenvalue weighted by atomic mass is 28.3. The SMILES string of the molecule is CCCCCCc1cc(CCCCCC)cc(-c2ccc([Si](c3ccccc3)(c3ccccc3)c3ccc(-c4cc(CCCCCC)cc(CCCCCC)c4)cc3)cc2)c1. The largest absolute Gasteiger partial charge is 0.179 e. The zero-order valence-corrected chi connectivity index (χ0v) is 39.5. The molecule has 0 unspecified atom stereocenters. The van der Waals surface area contributed by atoms with Gasteiger partial charge in [0.05, 0.1) is 0 Å². The maximum absolute atomic E-state index is 2.69. The molecule has 0 fully saturated rings. The summed E-state index contributed by atoms with van der Waals surface area (Å²) in [4.78, 5) is 0. The van der Waals surface area contributed by atoms with Gasteiger partial charge >= 0.3 is 0 Å². The van der Waals surface area contributed by atoms with Crippen molar-refractivity contribution in [2.24, 2.45) is 0 Å². The quantitative estimate of drug-likeness (QED) is 0.0290. The summed E-state index contributed by atoms with van der Waals surface area (Å²) in [5.74, 6) is 0. The molecule has 0 atom stereocenters. The highest BCUT2D eigenvalue weighted by Gasteiger charge is 2.41. The lowest BCUT2D eigenvalue weighted by Crippen LogP contribution is -2.74. The summed E-state index contributed by atoms with van der Waals surface area (Å²) in [6.45, 7) is 9.23. The molecule has 0 saturated heterocycles. The molecule has 0 aromatic heterocycles. The first-order valence-corrected chi connectivity index (χ1v) is 26.7. The molecule has 0 aliphatic rings. The molecule has 6 rings (SSSR count). The Bertz CT molecular complexity index is 1910. The zero-order chi connectivity index (χ0) is 42.5. The van der Waals surface area contributed by atoms with E-state index in [0.717, 1.165) is 0 Å². The summed E-state index contributed by atoms with van der Waals surface area (Å²) < 4.78 is 0. The van der Waals surface area contributed by atoms with Gasteiger partial charge in [0.1, 0.15) is 0 Å². The van der Waals surface area contributed by atoms with E-state index in [9.17, 15) is 0 Å². The van der Waals surface area contributed by atoms with E-state index in [-0.39, 0.29) is 0 Å². The average molecular weight is 825 g/mol. The van der Waals surface area contributed by atoms with Crippen molar-refractivity contribution in [3.8, 4) is 22.3 Å². The third kappa shape index (κ3) is 12.8. The van der Waals surface area contributed by atoms with E-state index in [1.807, 2.05) is 0 Å². The first-order valence-electron chi connectivity index (χ1n) is 24.7. The lowest BCUT2D eigenvalue weighted by Gasteiger charge is -2.34. The van der Waals surface area contributed by atoms with Gasteiger partial charge in [-0.05, 0) is 117 Å². The van der Waals surface area contributed by atoms with Gasteiger partial charge in [0.2, 0.25) is 0 Å². The fourth-order valence-electron chi connectivity index (χ4n) is 9.66. The minimum atomic E-state index is -2.69. The highest BCUT2D eigenvalue weighted by Crippen LogP contribution is 2.27. The Balaban J connectivity index is 1.40. The molecule has 0 aliphatic carbocycles. The maximum atomic E-state index is 2.51. The van der Waals surface area contributed by atoms with Gasteiger partial charge in [0.15, 0.2) is 8.07 Å². The number of benzene rings is 6. The van der Waals surface area contributed by atoms with Crippen molar-refractivity contribution >= 4 is 28.8 Å². The Hall–Kier alpha value is -4.46. The Morgan fingerprint density at radius 2 is 0.541 bits per heavy atom. The number of rotatable bonds is 26. The maximum Gasteiger partial charge on any atom is 0.179 e. The molecular formula is C60H76Si. The molecule has 6 aromatic rings. The molecule has 0 heterocycles. The van der Waals surface area contributed by atoms with Crippen LogP contribution < -0.4 is 20.7 Å². The monoisotopic (exact) mass is 825 g/mol. The van der Waals surface area contributed by atoms with Gasteiger partial charge in [-0.25, -0.2) is 0 Å². The topological polar surface area (TPSA) is 0 Å². The van der Waals surface area contributed by atoms with Crippen molar-refractivity contribution in [1.29, 1.82) is 0 Å². The lowest BCUT2D eigenvalue weighted by molar-refractivity contribution is 0.661. The van der Waals surface area contributed by atoms with E-state index >= 15 is 0 Å². The lowest BCUT2D eigenvalue weighted by atomic mass is 9.94. The first kappa shape index (κ1) is 46.0. The van der Waals surface area contributed by atoms with E-state index in [1.54, 1.807) is 0 Å². The van der Waals surface area contributed by atoms with Crippen molar-refractivity contribution < 1.29 is 0 Å². The molecular weight excluding hydrogens is 749 g/mol. The summed E-state index contributed by atoms with van der Waals surface area (Å²) in [5.41, 5.74) is 11.4. The van der Waals surface area contributed by atoms with Crippen molar-refractivity contribution in [2.45, 2.75) is 156 Å². The van der Waals surface area contributed by atoms with Crippen LogP contribution in [-0.4, -0.2) is 8.07 Å². The summed E-state index contributed by atoms with van der Waals surface area (Å²) in [6.07, 6.45) is 25.5. The van der Waals surface area contributed by atoms with Crippen LogP contribution >= 0.6 is 0 Å². The minimum Gasteiger partial charge on any atom is -0.0654 e. The van der Waals surface area contributed by atoms with Crippen molar-refractivity contribution in [3.63, 3.8) is 0 Å². The zero-order valence-electron chi connectivity index (χ0n) is 38.5. The molecule has 0 bridgehead atoms. The van der Waals surface area contributed by atoms with E-state index in [4.69, 9.17) is 0 Å². The van der Waals surface area contributed by atoms with Crippen LogP contribution in [0, 0.1) is 0 Å². The van der Waals surface area contributed by atoms with Gasteiger partial charge in [-0.15, -0.1) is 0 Å². The molecule has 0 nitrogen and oxygen atoms in total. The molecule has 0 spiro atoms. The average Bonchev–Trinajstić information content (AvgIpc) is 3.31. The number of aryl methyl sites for hydroxylation is 4. The molecule has 0 aliphatic heterocycles. The Kier molecular flexibility index (Phi) is 18.8. The van der Waals surface area contributed by atoms with E-state index in [2.05, 4.69) is 173 Å². The van der Waals surface area contributed by atoms with Crippen LogP contribution in [0.5, 0.6) is 0 Å². The highest BCUT2D eigenvalue weighted by molar-refractivity contribution is 7.19. The smallest absolute Gasteiger partial charge is 0.0654 e. The Morgan fingerprint density at radius 1 is 0.262 bits per heavy atom. The molecule has 6 aromatic carbocycles. The molecule has 61 heavy (non-hydrogen) atoms. The van der Waals surface area contributed by atoms with Crippen molar-refractivity contribution in [1.82, 2.24) is 0 Å². The number of unbranched alkanes of at least 4 members (excludes halogenated alkanes) is 12. The van der Waals surface area contributed by atoms with Gasteiger partial charge in [-0.2, -0.15) is 0 Å². The predicted molar refractivity (Wildman–Crippen MR) is 272 cm³/mol. The third-order valence-electron chi connectivity index (χ3n) is 13.1. The van der Waals surface area contributed by atoms with Gasteiger partial charge in [-0.1, -0.05) is 250 Å². The summed E-state index contributed by atoms with van der Waals surface area (Å²) in [6, 6.07) is 57.5. The van der Waals surface area contributed by atoms with E-state index in [1.165, 1.54) is 194 Å². The van der Waals surface area contributed by atoms with Gasteiger partial charge < -0.3 is 0 Å². The molecule has 0 N–H and O–H groups in total. The fraction of sp³-hybridized carbons (Fsp3) is 0.400. The summed E-state index contributed by atoms with van der Waals surface area (Å²) >= 11 is 0. The van der Waals surface area contributed by atoms with Gasteiger partial charge in [0.25, 0.3) is 0 Å². The molecule has 320 valence electrons. The molecule has 0 amide bonds. The third-order valence-corrected chi connectivity index (χ3v) is 17.9. The van der Waals surface area contributed by atoms with Crippen LogP contribution in [0.3, 0.4) is 0 Å². The summed E-state index contributed by atoms with van der Waals surface area (Å²) in [5, 5.41) is 5.71. The standard InChI is InChI=1S/C60H76Si/c1-5-9-13-19-27-49-43-50(28-20-14-10-6-2)46-55(45-49)53-35-39-59(40-36-53)61(57-31-23-17-24-32-57,58-33-25-18-26-34-58)60-41-37-54(38-42-60)56-47-51(29-21-15-11-7-3)44-52(48-56)30-22-16-12-8-4/h17-18,23-26,31-48H,5-16,19-22,27-30H2,1-4H3. The fourth-order valence-corrected chi connectivity index (χ4v) is 14.4. The van der Waals surface area contributed by atoms with E-state index in [0.29, 0.717) is 0 Å². The second-order valence-corrected chi connectivity index (χ2v) is 21.8. The Labute approximate surface area is 373 Å². The predicted octanol–water partition coefficient (Wildman–Crippen LogP) is 14.9. The molecule has 1 heteroatoms. The molecule has 0 saturated carbocycles. The van der Waals surface area contributed by atoms with Crippen LogP contribution in [-0.2, 0) is 25.7 Å². The van der Waals surface area contributed by atoms with Gasteiger partial charge in [0, 0.05) is 0 Å². The van der Waals surface area contributed by atoms with Crippen LogP contribution in [0.15, 0.2) is 146 Å². The molecule has 0 radical (unpaired) electrons. The van der Waals surface area contributed by atoms with Crippen LogP contribution in [0.2, 0.25) is 0 Å². The van der Waals surface area contributed by atoms with Gasteiger partial charge in [-0.3, -0.25) is 0 Å². The van der Waals surface area contributed by atoms with Crippen LogP contribution in [0.1, 0.15) is 153 Å². The van der Waals surface area contributed by atoms with E-state index < -0.39 is 8.07 Å². The minimum absolute atomic E-state index is 1.17. The Morgan fingerprint density at radius 3 is 0.820 bits per heavy atom. The van der Waals surface area contributed by atoms with Crippen molar-refractivity contribution in [2.75, 3.05) is 0 Å². The normalized spacial score (nSPS) is 11.6. The number of hydrogen-bond donors (Lipinski definition) is 0. The van der Waals surface area contributed by atoms with Crippen LogP contribution in [0.25, 0.3) is 22.3 Å². The summed E-state index contributed by atoms with van der Waals surface area (Å²) in [7, 11) is -2.69. The second kappa shape index (κ2) is 24.8. The number of hydrogen-bond acceptors (Lipinski definition) is 0. The van der Waals surface area contributed by atoms with Crippen LogP contribution in [0.4, 0.5) is 0 Å². The van der Waals surface area contributed by atoms with Crippen molar-refractivity contribution in [3.05, 3.63) is 168 Å². The first-order chi connectivity index (χ1) is 30.1.